The molecule has 4 aromatic rings. The molecule has 0 radical (unpaired) electrons. The third-order valence-corrected chi connectivity index (χ3v) is 6.37. The largest absolute Gasteiger partial charge is 0.386 e. The highest BCUT2D eigenvalue weighted by atomic mass is 16.3. The minimum Gasteiger partial charge on any atom is -0.386 e. The third kappa shape index (κ3) is 4.63. The first-order chi connectivity index (χ1) is 16.5. The van der Waals surface area contributed by atoms with Crippen molar-refractivity contribution in [1.82, 2.24) is 24.6 Å². The van der Waals surface area contributed by atoms with E-state index < -0.39 is 5.60 Å². The molecule has 1 N–H and O–H groups in total. The number of carbonyl (C=O) groups is 1. The summed E-state index contributed by atoms with van der Waals surface area (Å²) in [5.41, 5.74) is 2.49. The van der Waals surface area contributed by atoms with Gasteiger partial charge in [0.2, 0.25) is 0 Å². The summed E-state index contributed by atoms with van der Waals surface area (Å²) < 4.78 is 1.82. The summed E-state index contributed by atoms with van der Waals surface area (Å²) in [6, 6.07) is 13.3. The molecule has 1 fully saturated rings. The summed E-state index contributed by atoms with van der Waals surface area (Å²) in [5, 5.41) is 16.7. The van der Waals surface area contributed by atoms with Gasteiger partial charge in [0.1, 0.15) is 0 Å². The Morgan fingerprint density at radius 1 is 1.18 bits per heavy atom. The summed E-state index contributed by atoms with van der Waals surface area (Å²) in [6.45, 7) is 2.14. The number of piperidine rings is 1. The number of anilines is 1. The van der Waals surface area contributed by atoms with Crippen LogP contribution in [0.15, 0.2) is 73.4 Å². The van der Waals surface area contributed by atoms with Crippen LogP contribution < -0.4 is 4.90 Å². The minimum atomic E-state index is -1.01. The van der Waals surface area contributed by atoms with Crippen LogP contribution in [0.25, 0.3) is 10.9 Å². The van der Waals surface area contributed by atoms with E-state index in [0.717, 1.165) is 35.1 Å². The maximum atomic E-state index is 13.2. The third-order valence-electron chi connectivity index (χ3n) is 6.37. The fourth-order valence-electron chi connectivity index (χ4n) is 4.82. The zero-order valence-electron chi connectivity index (χ0n) is 19.2. The summed E-state index contributed by atoms with van der Waals surface area (Å²) in [7, 11) is 1.76. The van der Waals surface area contributed by atoms with Crippen molar-refractivity contribution >= 4 is 22.5 Å². The average molecular weight is 457 g/mol. The Morgan fingerprint density at radius 2 is 2.09 bits per heavy atom. The fraction of sp³-hybridized carbons (Fsp3) is 0.308. The van der Waals surface area contributed by atoms with Crippen molar-refractivity contribution in [3.63, 3.8) is 0 Å². The fourth-order valence-corrected chi connectivity index (χ4v) is 4.82. The number of fused-ring (bicyclic) bond motifs is 1. The lowest BCUT2D eigenvalue weighted by atomic mass is 9.91. The first-order valence-electron chi connectivity index (χ1n) is 11.5. The second-order valence-corrected chi connectivity index (χ2v) is 9.04. The lowest BCUT2D eigenvalue weighted by Gasteiger charge is -2.42. The van der Waals surface area contributed by atoms with E-state index in [1.807, 2.05) is 59.5 Å². The second kappa shape index (κ2) is 9.23. The quantitative estimate of drug-likeness (QED) is 0.480. The smallest absolute Gasteiger partial charge is 0.253 e. The van der Waals surface area contributed by atoms with Gasteiger partial charge in [-0.3, -0.25) is 19.4 Å². The van der Waals surface area contributed by atoms with Gasteiger partial charge in [0.15, 0.2) is 0 Å². The summed E-state index contributed by atoms with van der Waals surface area (Å²) in [4.78, 5) is 25.7. The van der Waals surface area contributed by atoms with Crippen LogP contribution >= 0.6 is 0 Å². The van der Waals surface area contributed by atoms with E-state index in [9.17, 15) is 9.90 Å². The van der Waals surface area contributed by atoms with Crippen LogP contribution in [0.3, 0.4) is 0 Å². The number of pyridine rings is 2. The van der Waals surface area contributed by atoms with Crippen LogP contribution in [0.1, 0.15) is 28.8 Å². The maximum Gasteiger partial charge on any atom is 0.253 e. The molecule has 8 nitrogen and oxygen atoms in total. The maximum absolute atomic E-state index is 13.2. The first kappa shape index (κ1) is 22.0. The molecule has 0 bridgehead atoms. The summed E-state index contributed by atoms with van der Waals surface area (Å²) in [5.74, 6) is -0.105. The summed E-state index contributed by atoms with van der Waals surface area (Å²) >= 11 is 0. The minimum absolute atomic E-state index is 0.105. The Kier molecular flexibility index (Phi) is 5.98. The molecule has 1 aromatic carbocycles. The molecule has 174 valence electrons. The summed E-state index contributed by atoms with van der Waals surface area (Å²) in [6.07, 6.45) is 10.4. The average Bonchev–Trinajstić information content (AvgIpc) is 3.36. The highest BCUT2D eigenvalue weighted by Crippen LogP contribution is 2.31. The van der Waals surface area contributed by atoms with Gasteiger partial charge in [0.25, 0.3) is 5.91 Å². The van der Waals surface area contributed by atoms with Crippen molar-refractivity contribution in [2.45, 2.75) is 25.0 Å². The number of aliphatic hydroxyl groups is 1. The van der Waals surface area contributed by atoms with Crippen LogP contribution in [0.2, 0.25) is 0 Å². The Bertz CT molecular complexity index is 1290. The van der Waals surface area contributed by atoms with Crippen molar-refractivity contribution < 1.29 is 9.90 Å². The molecule has 0 aliphatic carbocycles. The van der Waals surface area contributed by atoms with Gasteiger partial charge in [-0.05, 0) is 48.7 Å². The number of benzene rings is 1. The number of likely N-dealkylation sites (N-methyl/N-ethyl adjacent to an activating group) is 1. The molecule has 8 heteroatoms. The highest BCUT2D eigenvalue weighted by molar-refractivity contribution is 5.94. The number of hydrogen-bond donors (Lipinski definition) is 1. The lowest BCUT2D eigenvalue weighted by molar-refractivity contribution is 0.0000663. The number of amides is 1. The Labute approximate surface area is 198 Å². The highest BCUT2D eigenvalue weighted by Gasteiger charge is 2.36. The van der Waals surface area contributed by atoms with Gasteiger partial charge in [-0.15, -0.1) is 0 Å². The molecule has 3 aromatic heterocycles. The van der Waals surface area contributed by atoms with E-state index >= 15 is 0 Å². The van der Waals surface area contributed by atoms with E-state index in [1.54, 1.807) is 30.5 Å². The van der Waals surface area contributed by atoms with Crippen LogP contribution in [0, 0.1) is 0 Å². The predicted molar refractivity (Wildman–Crippen MR) is 131 cm³/mol. The zero-order valence-corrected chi connectivity index (χ0v) is 19.2. The lowest BCUT2D eigenvalue weighted by Crippen LogP contribution is -2.54. The molecule has 1 saturated heterocycles. The van der Waals surface area contributed by atoms with Crippen LogP contribution in [-0.2, 0) is 6.54 Å². The number of hydrogen-bond acceptors (Lipinski definition) is 6. The Hall–Kier alpha value is -3.78. The zero-order chi connectivity index (χ0) is 23.5. The molecule has 0 spiro atoms. The van der Waals surface area contributed by atoms with E-state index in [0.29, 0.717) is 25.1 Å². The van der Waals surface area contributed by atoms with E-state index in [2.05, 4.69) is 20.0 Å². The Morgan fingerprint density at radius 3 is 2.94 bits per heavy atom. The van der Waals surface area contributed by atoms with Gasteiger partial charge >= 0.3 is 0 Å². The van der Waals surface area contributed by atoms with Gasteiger partial charge in [-0.25, -0.2) is 0 Å². The first-order valence-corrected chi connectivity index (χ1v) is 11.5. The van der Waals surface area contributed by atoms with Crippen LogP contribution in [-0.4, -0.2) is 67.9 Å². The van der Waals surface area contributed by atoms with E-state index in [-0.39, 0.29) is 12.5 Å². The topological polar surface area (TPSA) is 87.4 Å². The molecular weight excluding hydrogens is 428 g/mol. The van der Waals surface area contributed by atoms with Gasteiger partial charge < -0.3 is 14.9 Å². The van der Waals surface area contributed by atoms with Gasteiger partial charge in [0.05, 0.1) is 24.2 Å². The molecule has 1 aliphatic heterocycles. The van der Waals surface area contributed by atoms with Gasteiger partial charge in [0, 0.05) is 67.8 Å². The standard InChI is InChI=1S/C26H28N6O2/c1-30(25(33)21-6-2-5-20(15-21)17-32-14-4-10-29-32)18-26(34)9-3-13-31(19-26)24-8-12-28-23-7-11-27-16-22(23)24/h2,4-8,10-12,14-16,34H,3,9,13,17-19H2,1H3/t26-/m0/s1. The number of carbonyl (C=O) groups excluding carboxylic acids is 1. The SMILES string of the molecule is CN(C[C@@]1(O)CCCN(c2ccnc3ccncc23)C1)C(=O)c1cccc(Cn2cccn2)c1. The second-order valence-electron chi connectivity index (χ2n) is 9.04. The monoisotopic (exact) mass is 456 g/mol. The van der Waals surface area contributed by atoms with Gasteiger partial charge in [-0.2, -0.15) is 5.10 Å². The van der Waals surface area contributed by atoms with Crippen molar-refractivity contribution in [3.05, 3.63) is 84.6 Å². The molecule has 4 heterocycles. The van der Waals surface area contributed by atoms with Crippen molar-refractivity contribution in [1.29, 1.82) is 0 Å². The molecule has 1 atom stereocenters. The molecule has 0 saturated carbocycles. The molecule has 0 unspecified atom stereocenters. The Balaban J connectivity index is 1.30. The predicted octanol–water partition coefficient (Wildman–Crippen LogP) is 2.98. The van der Waals surface area contributed by atoms with Crippen LogP contribution in [0.5, 0.6) is 0 Å². The van der Waals surface area contributed by atoms with Crippen LogP contribution in [0.4, 0.5) is 5.69 Å². The van der Waals surface area contributed by atoms with Crippen molar-refractivity contribution in [3.8, 4) is 0 Å². The normalized spacial score (nSPS) is 18.2. The number of nitrogens with zero attached hydrogens (tertiary/aromatic N) is 6. The van der Waals surface area contributed by atoms with E-state index in [4.69, 9.17) is 0 Å². The molecule has 34 heavy (non-hydrogen) atoms. The molecule has 1 amide bonds. The number of rotatable bonds is 6. The molecular formula is C26H28N6O2. The van der Waals surface area contributed by atoms with Crippen molar-refractivity contribution in [2.75, 3.05) is 31.6 Å². The number of β-amino-alcohol motifs (C(OH)–C–C–N with tert-alkyl or cyclic N) is 1. The molecule has 5 rings (SSSR count). The van der Waals surface area contributed by atoms with Gasteiger partial charge in [-0.1, -0.05) is 12.1 Å². The molecule has 1 aliphatic rings. The van der Waals surface area contributed by atoms with E-state index in [1.165, 1.54) is 0 Å². The number of aromatic nitrogens is 4. The van der Waals surface area contributed by atoms with Crippen molar-refractivity contribution in [2.24, 2.45) is 0 Å².